The smallest absolute Gasteiger partial charge is 0.227 e. The summed E-state index contributed by atoms with van der Waals surface area (Å²) >= 11 is 0. The number of amides is 2. The van der Waals surface area contributed by atoms with Crippen molar-refractivity contribution in [3.8, 4) is 5.75 Å². The van der Waals surface area contributed by atoms with Crippen molar-refractivity contribution >= 4 is 17.5 Å². The lowest BCUT2D eigenvalue weighted by Crippen LogP contribution is -2.34. The predicted molar refractivity (Wildman–Crippen MR) is 101 cm³/mol. The quantitative estimate of drug-likeness (QED) is 0.868. The molecule has 2 aromatic rings. The molecule has 136 valence electrons. The molecule has 3 rings (SSSR count). The van der Waals surface area contributed by atoms with E-state index in [-0.39, 0.29) is 30.2 Å². The fourth-order valence-electron chi connectivity index (χ4n) is 3.18. The van der Waals surface area contributed by atoms with Crippen LogP contribution in [0.2, 0.25) is 0 Å². The maximum Gasteiger partial charge on any atom is 0.227 e. The lowest BCUT2D eigenvalue weighted by atomic mass is 10.1. The van der Waals surface area contributed by atoms with Gasteiger partial charge in [0.1, 0.15) is 5.75 Å². The van der Waals surface area contributed by atoms with Crippen LogP contribution in [-0.4, -0.2) is 25.0 Å². The average Bonchev–Trinajstić information content (AvgIpc) is 3.05. The van der Waals surface area contributed by atoms with Gasteiger partial charge < -0.3 is 15.0 Å². The first-order chi connectivity index (χ1) is 12.6. The van der Waals surface area contributed by atoms with Crippen molar-refractivity contribution < 1.29 is 14.3 Å². The van der Waals surface area contributed by atoms with Crippen molar-refractivity contribution in [1.29, 1.82) is 0 Å². The van der Waals surface area contributed by atoms with E-state index in [2.05, 4.69) is 5.32 Å². The highest BCUT2D eigenvalue weighted by Gasteiger charge is 2.35. The normalized spacial score (nSPS) is 17.8. The maximum atomic E-state index is 12.6. The molecule has 1 heterocycles. The molecule has 26 heavy (non-hydrogen) atoms. The van der Waals surface area contributed by atoms with Gasteiger partial charge >= 0.3 is 0 Å². The fraction of sp³-hybridized carbons (Fsp3) is 0.333. The zero-order valence-electron chi connectivity index (χ0n) is 15.1. The number of ether oxygens (including phenoxy) is 1. The third-order valence-corrected chi connectivity index (χ3v) is 4.61. The second kappa shape index (κ2) is 8.04. The molecule has 1 aliphatic heterocycles. The van der Waals surface area contributed by atoms with E-state index in [0.717, 1.165) is 17.0 Å². The monoisotopic (exact) mass is 352 g/mol. The summed E-state index contributed by atoms with van der Waals surface area (Å²) in [5, 5.41) is 3.02. The Balaban J connectivity index is 1.62. The molecular weight excluding hydrogens is 328 g/mol. The maximum absolute atomic E-state index is 12.6. The van der Waals surface area contributed by atoms with Gasteiger partial charge in [-0.05, 0) is 43.7 Å². The summed E-state index contributed by atoms with van der Waals surface area (Å²) in [5.41, 5.74) is 1.85. The Kier molecular flexibility index (Phi) is 5.56. The second-order valence-electron chi connectivity index (χ2n) is 6.47. The molecular formula is C21H24N2O3. The van der Waals surface area contributed by atoms with Crippen LogP contribution in [0.4, 0.5) is 5.69 Å². The summed E-state index contributed by atoms with van der Waals surface area (Å²) in [4.78, 5) is 26.6. The molecule has 0 aromatic heterocycles. The van der Waals surface area contributed by atoms with Crippen LogP contribution in [-0.2, 0) is 9.59 Å². The van der Waals surface area contributed by atoms with Crippen LogP contribution in [0.5, 0.6) is 5.75 Å². The molecule has 0 saturated carbocycles. The Bertz CT molecular complexity index is 759. The van der Waals surface area contributed by atoms with Crippen molar-refractivity contribution in [3.63, 3.8) is 0 Å². The van der Waals surface area contributed by atoms with Crippen molar-refractivity contribution in [2.45, 2.75) is 26.3 Å². The van der Waals surface area contributed by atoms with E-state index in [1.54, 1.807) is 4.90 Å². The van der Waals surface area contributed by atoms with E-state index in [4.69, 9.17) is 4.74 Å². The molecule has 1 aliphatic rings. The Morgan fingerprint density at radius 2 is 1.88 bits per heavy atom. The van der Waals surface area contributed by atoms with E-state index >= 15 is 0 Å². The summed E-state index contributed by atoms with van der Waals surface area (Å²) in [6.07, 6.45) is 0.237. The minimum atomic E-state index is -0.333. The van der Waals surface area contributed by atoms with E-state index in [1.165, 1.54) is 0 Å². The zero-order chi connectivity index (χ0) is 18.5. The van der Waals surface area contributed by atoms with E-state index in [1.807, 2.05) is 68.4 Å². The zero-order valence-corrected chi connectivity index (χ0v) is 15.1. The highest BCUT2D eigenvalue weighted by molar-refractivity contribution is 6.00. The summed E-state index contributed by atoms with van der Waals surface area (Å²) in [6.45, 7) is 4.88. The molecule has 1 N–H and O–H groups in total. The number of rotatable bonds is 6. The van der Waals surface area contributed by atoms with Crippen LogP contribution in [0.3, 0.4) is 0 Å². The number of nitrogens with zero attached hydrogens (tertiary/aromatic N) is 1. The van der Waals surface area contributed by atoms with Gasteiger partial charge in [-0.1, -0.05) is 30.3 Å². The Hall–Kier alpha value is -2.82. The molecule has 2 aromatic carbocycles. The van der Waals surface area contributed by atoms with Gasteiger partial charge in [0.05, 0.1) is 18.6 Å². The number of hydrogen-bond donors (Lipinski definition) is 1. The lowest BCUT2D eigenvalue weighted by Gasteiger charge is -2.19. The minimum Gasteiger partial charge on any atom is -0.494 e. The number of hydrogen-bond acceptors (Lipinski definition) is 3. The lowest BCUT2D eigenvalue weighted by molar-refractivity contribution is -0.126. The van der Waals surface area contributed by atoms with E-state index in [9.17, 15) is 9.59 Å². The van der Waals surface area contributed by atoms with Gasteiger partial charge in [0.2, 0.25) is 11.8 Å². The number of anilines is 1. The van der Waals surface area contributed by atoms with E-state index < -0.39 is 0 Å². The van der Waals surface area contributed by atoms with Crippen LogP contribution in [0.1, 0.15) is 31.9 Å². The van der Waals surface area contributed by atoms with Gasteiger partial charge in [-0.2, -0.15) is 0 Å². The molecule has 1 fully saturated rings. The number of benzene rings is 2. The van der Waals surface area contributed by atoms with Crippen molar-refractivity contribution in [1.82, 2.24) is 5.32 Å². The van der Waals surface area contributed by atoms with Crippen LogP contribution >= 0.6 is 0 Å². The molecule has 0 radical (unpaired) electrons. The highest BCUT2D eigenvalue weighted by atomic mass is 16.5. The van der Waals surface area contributed by atoms with Crippen molar-refractivity contribution in [2.75, 3.05) is 18.1 Å². The van der Waals surface area contributed by atoms with Crippen molar-refractivity contribution in [3.05, 3.63) is 60.2 Å². The summed E-state index contributed by atoms with van der Waals surface area (Å²) in [5.74, 6) is 0.332. The number of carbonyl (C=O) groups excluding carboxylic acids is 2. The summed E-state index contributed by atoms with van der Waals surface area (Å²) < 4.78 is 5.43. The Labute approximate surface area is 154 Å². The molecule has 5 nitrogen and oxygen atoms in total. The van der Waals surface area contributed by atoms with Crippen LogP contribution < -0.4 is 15.0 Å². The Morgan fingerprint density at radius 1 is 1.19 bits per heavy atom. The van der Waals surface area contributed by atoms with Crippen LogP contribution in [0.25, 0.3) is 0 Å². The van der Waals surface area contributed by atoms with Crippen LogP contribution in [0.15, 0.2) is 54.6 Å². The molecule has 2 unspecified atom stereocenters. The SMILES string of the molecule is CCOc1ccc(N2CC(C(=O)NC(C)c3ccccc3)CC2=O)cc1. The van der Waals surface area contributed by atoms with Crippen LogP contribution in [0, 0.1) is 5.92 Å². The first kappa shape index (κ1) is 18.0. The molecule has 0 spiro atoms. The van der Waals surface area contributed by atoms with Gasteiger partial charge in [-0.3, -0.25) is 9.59 Å². The molecule has 2 amide bonds. The number of carbonyl (C=O) groups is 2. The third kappa shape index (κ3) is 4.04. The Morgan fingerprint density at radius 3 is 2.54 bits per heavy atom. The molecule has 0 bridgehead atoms. The fourth-order valence-corrected chi connectivity index (χ4v) is 3.18. The molecule has 2 atom stereocenters. The first-order valence-electron chi connectivity index (χ1n) is 8.97. The first-order valence-corrected chi connectivity index (χ1v) is 8.97. The number of nitrogens with one attached hydrogen (secondary N) is 1. The highest BCUT2D eigenvalue weighted by Crippen LogP contribution is 2.27. The van der Waals surface area contributed by atoms with Gasteiger partial charge in [-0.25, -0.2) is 0 Å². The van der Waals surface area contributed by atoms with Gasteiger partial charge in [0, 0.05) is 18.7 Å². The standard InChI is InChI=1S/C21H24N2O3/c1-3-26-19-11-9-18(10-12-19)23-14-17(13-20(23)24)21(25)22-15(2)16-7-5-4-6-8-16/h4-12,15,17H,3,13-14H2,1-2H3,(H,22,25). The summed E-state index contributed by atoms with van der Waals surface area (Å²) in [7, 11) is 0. The minimum absolute atomic E-state index is 0.0262. The predicted octanol–water partition coefficient (Wildman–Crippen LogP) is 3.32. The van der Waals surface area contributed by atoms with Gasteiger partial charge in [0.15, 0.2) is 0 Å². The van der Waals surface area contributed by atoms with Crippen molar-refractivity contribution in [2.24, 2.45) is 5.92 Å². The van der Waals surface area contributed by atoms with E-state index in [0.29, 0.717) is 13.2 Å². The molecule has 0 aliphatic carbocycles. The third-order valence-electron chi connectivity index (χ3n) is 4.61. The average molecular weight is 352 g/mol. The summed E-state index contributed by atoms with van der Waals surface area (Å²) in [6, 6.07) is 17.1. The topological polar surface area (TPSA) is 58.6 Å². The largest absolute Gasteiger partial charge is 0.494 e. The second-order valence-corrected chi connectivity index (χ2v) is 6.47. The van der Waals surface area contributed by atoms with Gasteiger partial charge in [0.25, 0.3) is 0 Å². The molecule has 5 heteroatoms. The molecule has 1 saturated heterocycles. The van der Waals surface area contributed by atoms with Gasteiger partial charge in [-0.15, -0.1) is 0 Å².